The average molecular weight is 326 g/mol. The predicted octanol–water partition coefficient (Wildman–Crippen LogP) is 1.82. The third-order valence-corrected chi connectivity index (χ3v) is 3.46. The Hall–Kier alpha value is -2.35. The van der Waals surface area contributed by atoms with Crippen LogP contribution in [0.5, 0.6) is 0 Å². The SMILES string of the molecule is C[C@H](c1ccccc1)N1C(=O)C(=O)N(CCOCC(F)F)C1=O. The lowest BCUT2D eigenvalue weighted by Crippen LogP contribution is -2.36. The minimum absolute atomic E-state index is 0.242. The van der Waals surface area contributed by atoms with Gasteiger partial charge in [0.05, 0.1) is 19.2 Å². The highest BCUT2D eigenvalue weighted by molar-refractivity contribution is 6.44. The van der Waals surface area contributed by atoms with Gasteiger partial charge in [0.15, 0.2) is 0 Å². The Morgan fingerprint density at radius 3 is 2.35 bits per heavy atom. The summed E-state index contributed by atoms with van der Waals surface area (Å²) in [7, 11) is 0. The molecule has 23 heavy (non-hydrogen) atoms. The Labute approximate surface area is 131 Å². The maximum Gasteiger partial charge on any atom is 0.334 e. The Morgan fingerprint density at radius 2 is 1.74 bits per heavy atom. The first-order valence-electron chi connectivity index (χ1n) is 7.03. The third-order valence-electron chi connectivity index (χ3n) is 3.46. The molecule has 0 aromatic heterocycles. The molecule has 0 unspecified atom stereocenters. The molecule has 6 nitrogen and oxygen atoms in total. The molecular formula is C15H16F2N2O4. The zero-order valence-electron chi connectivity index (χ0n) is 12.4. The third kappa shape index (κ3) is 3.70. The Kier molecular flexibility index (Phi) is 5.38. The highest BCUT2D eigenvalue weighted by Crippen LogP contribution is 2.25. The largest absolute Gasteiger partial charge is 0.374 e. The maximum absolute atomic E-state index is 12.3. The summed E-state index contributed by atoms with van der Waals surface area (Å²) in [5.74, 6) is -1.90. The normalized spacial score (nSPS) is 16.6. The van der Waals surface area contributed by atoms with E-state index in [2.05, 4.69) is 4.74 Å². The van der Waals surface area contributed by atoms with Crippen molar-refractivity contribution >= 4 is 17.8 Å². The first-order chi connectivity index (χ1) is 10.9. The number of carbonyl (C=O) groups excluding carboxylic acids is 3. The number of amides is 4. The molecule has 1 saturated heterocycles. The molecule has 1 aliphatic rings. The molecule has 8 heteroatoms. The van der Waals surface area contributed by atoms with Crippen molar-refractivity contribution in [2.75, 3.05) is 19.8 Å². The predicted molar refractivity (Wildman–Crippen MR) is 75.6 cm³/mol. The first kappa shape index (κ1) is 17.0. The van der Waals surface area contributed by atoms with Crippen LogP contribution in [0.4, 0.5) is 13.6 Å². The Balaban J connectivity index is 2.04. The van der Waals surface area contributed by atoms with Crippen LogP contribution in [0.1, 0.15) is 18.5 Å². The molecule has 1 heterocycles. The van der Waals surface area contributed by atoms with E-state index in [-0.39, 0.29) is 13.2 Å². The van der Waals surface area contributed by atoms with Crippen LogP contribution in [-0.4, -0.2) is 53.8 Å². The second-order valence-corrected chi connectivity index (χ2v) is 4.97. The van der Waals surface area contributed by atoms with Crippen molar-refractivity contribution in [2.45, 2.75) is 19.4 Å². The molecular weight excluding hydrogens is 310 g/mol. The molecule has 0 aliphatic carbocycles. The lowest BCUT2D eigenvalue weighted by Gasteiger charge is -2.22. The van der Waals surface area contributed by atoms with Crippen molar-refractivity contribution in [1.82, 2.24) is 9.80 Å². The van der Waals surface area contributed by atoms with Crippen LogP contribution in [0, 0.1) is 0 Å². The van der Waals surface area contributed by atoms with Gasteiger partial charge in [-0.3, -0.25) is 14.5 Å². The van der Waals surface area contributed by atoms with Gasteiger partial charge in [-0.1, -0.05) is 30.3 Å². The molecule has 1 atom stereocenters. The molecule has 4 amide bonds. The van der Waals surface area contributed by atoms with Crippen molar-refractivity contribution in [3.63, 3.8) is 0 Å². The second-order valence-electron chi connectivity index (χ2n) is 4.97. The highest BCUT2D eigenvalue weighted by Gasteiger charge is 2.46. The van der Waals surface area contributed by atoms with E-state index in [1.54, 1.807) is 37.3 Å². The summed E-state index contributed by atoms with van der Waals surface area (Å²) in [5.41, 5.74) is 0.706. The molecule has 0 N–H and O–H groups in total. The van der Waals surface area contributed by atoms with E-state index in [0.717, 1.165) is 4.90 Å². The summed E-state index contributed by atoms with van der Waals surface area (Å²) in [4.78, 5) is 37.8. The van der Waals surface area contributed by atoms with Gasteiger partial charge in [-0.2, -0.15) is 0 Å². The first-order valence-corrected chi connectivity index (χ1v) is 7.03. The molecule has 2 rings (SSSR count). The van der Waals surface area contributed by atoms with Crippen molar-refractivity contribution in [3.8, 4) is 0 Å². The molecule has 1 fully saturated rings. The summed E-state index contributed by atoms with van der Waals surface area (Å²) in [5, 5.41) is 0. The van der Waals surface area contributed by atoms with Crippen molar-refractivity contribution < 1.29 is 27.9 Å². The Morgan fingerprint density at radius 1 is 1.09 bits per heavy atom. The number of rotatable bonds is 7. The molecule has 124 valence electrons. The maximum atomic E-state index is 12.3. The quantitative estimate of drug-likeness (QED) is 0.435. The Bertz CT molecular complexity index is 594. The van der Waals surface area contributed by atoms with E-state index in [4.69, 9.17) is 0 Å². The van der Waals surface area contributed by atoms with E-state index in [0.29, 0.717) is 10.5 Å². The van der Waals surface area contributed by atoms with Gasteiger partial charge in [0.25, 0.3) is 6.43 Å². The van der Waals surface area contributed by atoms with Crippen LogP contribution in [0.3, 0.4) is 0 Å². The van der Waals surface area contributed by atoms with E-state index < -0.39 is 36.9 Å². The number of hydrogen-bond acceptors (Lipinski definition) is 4. The van der Waals surface area contributed by atoms with E-state index >= 15 is 0 Å². The minimum Gasteiger partial charge on any atom is -0.374 e. The van der Waals surface area contributed by atoms with Crippen molar-refractivity contribution in [2.24, 2.45) is 0 Å². The lowest BCUT2D eigenvalue weighted by atomic mass is 10.1. The van der Waals surface area contributed by atoms with Gasteiger partial charge in [-0.15, -0.1) is 0 Å². The van der Waals surface area contributed by atoms with Crippen molar-refractivity contribution in [1.29, 1.82) is 0 Å². The van der Waals surface area contributed by atoms with Crippen LogP contribution in [0.15, 0.2) is 30.3 Å². The summed E-state index contributed by atoms with van der Waals surface area (Å²) in [6.07, 6.45) is -2.63. The van der Waals surface area contributed by atoms with E-state index in [1.807, 2.05) is 0 Å². The smallest absolute Gasteiger partial charge is 0.334 e. The number of carbonyl (C=O) groups is 3. The molecule has 1 aromatic rings. The average Bonchev–Trinajstić information content (AvgIpc) is 2.74. The zero-order valence-corrected chi connectivity index (χ0v) is 12.4. The van der Waals surface area contributed by atoms with Crippen LogP contribution >= 0.6 is 0 Å². The molecule has 0 bridgehead atoms. The molecule has 1 aliphatic heterocycles. The van der Waals surface area contributed by atoms with Crippen LogP contribution in [0.2, 0.25) is 0 Å². The van der Waals surface area contributed by atoms with Crippen LogP contribution in [-0.2, 0) is 14.3 Å². The molecule has 1 aromatic carbocycles. The van der Waals surface area contributed by atoms with Gasteiger partial charge in [-0.25, -0.2) is 18.5 Å². The van der Waals surface area contributed by atoms with Gasteiger partial charge in [0.2, 0.25) is 0 Å². The summed E-state index contributed by atoms with van der Waals surface area (Å²) >= 11 is 0. The van der Waals surface area contributed by atoms with Crippen LogP contribution in [0.25, 0.3) is 0 Å². The van der Waals surface area contributed by atoms with E-state index in [9.17, 15) is 23.2 Å². The van der Waals surface area contributed by atoms with Crippen molar-refractivity contribution in [3.05, 3.63) is 35.9 Å². The van der Waals surface area contributed by atoms with Crippen LogP contribution < -0.4 is 0 Å². The fraction of sp³-hybridized carbons (Fsp3) is 0.400. The summed E-state index contributed by atoms with van der Waals surface area (Å²) < 4.78 is 28.6. The number of urea groups is 1. The van der Waals surface area contributed by atoms with Gasteiger partial charge in [0, 0.05) is 0 Å². The monoisotopic (exact) mass is 326 g/mol. The number of imide groups is 2. The fourth-order valence-electron chi connectivity index (χ4n) is 2.27. The minimum atomic E-state index is -2.63. The van der Waals surface area contributed by atoms with Gasteiger partial charge < -0.3 is 4.74 Å². The number of ether oxygens (including phenoxy) is 1. The standard InChI is InChI=1S/C15H16F2N2O4/c1-10(11-5-3-2-4-6-11)19-14(21)13(20)18(15(19)22)7-8-23-9-12(16)17/h2-6,10,12H,7-9H2,1H3/t10-/m1/s1. The van der Waals surface area contributed by atoms with Gasteiger partial charge in [-0.05, 0) is 12.5 Å². The number of benzene rings is 1. The van der Waals surface area contributed by atoms with Gasteiger partial charge >= 0.3 is 17.8 Å². The zero-order chi connectivity index (χ0) is 17.0. The molecule has 0 saturated carbocycles. The number of nitrogens with zero attached hydrogens (tertiary/aromatic N) is 2. The molecule has 0 radical (unpaired) electrons. The van der Waals surface area contributed by atoms with E-state index in [1.165, 1.54) is 0 Å². The highest BCUT2D eigenvalue weighted by atomic mass is 19.3. The number of halogens is 2. The number of hydrogen-bond donors (Lipinski definition) is 0. The number of alkyl halides is 2. The molecule has 0 spiro atoms. The summed E-state index contributed by atoms with van der Waals surface area (Å²) in [6.45, 7) is 0.361. The van der Waals surface area contributed by atoms with Gasteiger partial charge in [0.1, 0.15) is 6.61 Å². The summed E-state index contributed by atoms with van der Waals surface area (Å²) in [6, 6.07) is 7.42. The second kappa shape index (κ2) is 7.28. The topological polar surface area (TPSA) is 66.9 Å². The lowest BCUT2D eigenvalue weighted by molar-refractivity contribution is -0.144. The fourth-order valence-corrected chi connectivity index (χ4v) is 2.27.